The smallest absolute Gasteiger partial charge is 0.253 e. The van der Waals surface area contributed by atoms with Gasteiger partial charge in [0.2, 0.25) is 0 Å². The lowest BCUT2D eigenvalue weighted by molar-refractivity contribution is 0.0235. The fraction of sp³-hybridized carbons (Fsp3) is 0.526. The number of hydrogen-bond donors (Lipinski definition) is 2. The average molecular weight is 340 g/mol. The van der Waals surface area contributed by atoms with E-state index in [1.807, 2.05) is 19.3 Å². The Labute approximate surface area is 147 Å². The molecule has 132 valence electrons. The van der Waals surface area contributed by atoms with E-state index in [-0.39, 0.29) is 24.0 Å². The predicted molar refractivity (Wildman–Crippen MR) is 93.0 cm³/mol. The molecule has 0 saturated heterocycles. The first-order valence-corrected chi connectivity index (χ1v) is 9.05. The maximum atomic E-state index is 12.8. The lowest BCUT2D eigenvalue weighted by Crippen LogP contribution is -2.41. The maximum absolute atomic E-state index is 12.8. The minimum atomic E-state index is -0.258. The van der Waals surface area contributed by atoms with E-state index in [2.05, 4.69) is 15.4 Å². The number of hydrogen-bond acceptors (Lipinski definition) is 4. The normalized spacial score (nSPS) is 23.4. The van der Waals surface area contributed by atoms with Crippen LogP contribution < -0.4 is 5.32 Å². The summed E-state index contributed by atoms with van der Waals surface area (Å²) in [6, 6.07) is 1.87. The molecule has 1 saturated carbocycles. The molecule has 0 spiro atoms. The number of aliphatic hydroxyl groups is 1. The number of fused-ring (bicyclic) bond motifs is 1. The SMILES string of the molecule is Cn1cc(C(NC(=O)c2cnc3c(c2)CCCC3)C2CC(O)C2)cn1. The van der Waals surface area contributed by atoms with Gasteiger partial charge in [0.05, 0.1) is 23.9 Å². The second-order valence-corrected chi connectivity index (χ2v) is 7.32. The van der Waals surface area contributed by atoms with Crippen molar-refractivity contribution >= 4 is 5.91 Å². The first-order chi connectivity index (χ1) is 12.1. The number of nitrogens with one attached hydrogen (secondary N) is 1. The van der Waals surface area contributed by atoms with Gasteiger partial charge in [0.1, 0.15) is 0 Å². The first kappa shape index (κ1) is 16.3. The van der Waals surface area contributed by atoms with Crippen LogP contribution in [0.2, 0.25) is 0 Å². The number of nitrogens with zero attached hydrogens (tertiary/aromatic N) is 3. The molecule has 0 aliphatic heterocycles. The van der Waals surface area contributed by atoms with Gasteiger partial charge in [0, 0.05) is 30.7 Å². The third kappa shape index (κ3) is 3.31. The van der Waals surface area contributed by atoms with Gasteiger partial charge >= 0.3 is 0 Å². The second kappa shape index (κ2) is 6.59. The minimum absolute atomic E-state index is 0.101. The highest BCUT2D eigenvalue weighted by Crippen LogP contribution is 2.38. The first-order valence-electron chi connectivity index (χ1n) is 9.05. The van der Waals surface area contributed by atoms with Crippen LogP contribution in [0.15, 0.2) is 24.7 Å². The molecule has 1 fully saturated rings. The molecule has 25 heavy (non-hydrogen) atoms. The Morgan fingerprint density at radius 1 is 1.32 bits per heavy atom. The van der Waals surface area contributed by atoms with Gasteiger partial charge < -0.3 is 10.4 Å². The Morgan fingerprint density at radius 2 is 2.12 bits per heavy atom. The minimum Gasteiger partial charge on any atom is -0.393 e. The van der Waals surface area contributed by atoms with Crippen molar-refractivity contribution in [2.24, 2.45) is 13.0 Å². The van der Waals surface area contributed by atoms with E-state index in [0.29, 0.717) is 18.4 Å². The molecule has 2 aromatic heterocycles. The molecular formula is C19H24N4O2. The van der Waals surface area contributed by atoms with Crippen LogP contribution >= 0.6 is 0 Å². The van der Waals surface area contributed by atoms with Gasteiger partial charge in [0.15, 0.2) is 0 Å². The molecule has 0 aromatic carbocycles. The molecule has 2 aliphatic carbocycles. The average Bonchev–Trinajstić information content (AvgIpc) is 3.03. The van der Waals surface area contributed by atoms with Crippen molar-refractivity contribution in [2.75, 3.05) is 0 Å². The number of carbonyl (C=O) groups is 1. The fourth-order valence-electron chi connectivity index (χ4n) is 3.91. The van der Waals surface area contributed by atoms with Crippen LogP contribution in [0.4, 0.5) is 0 Å². The van der Waals surface area contributed by atoms with Crippen LogP contribution in [0.25, 0.3) is 0 Å². The van der Waals surface area contributed by atoms with E-state index in [0.717, 1.165) is 30.5 Å². The van der Waals surface area contributed by atoms with Gasteiger partial charge in [-0.3, -0.25) is 14.5 Å². The summed E-state index contributed by atoms with van der Waals surface area (Å²) in [7, 11) is 1.87. The highest BCUT2D eigenvalue weighted by molar-refractivity contribution is 5.94. The number of pyridine rings is 1. The van der Waals surface area contributed by atoms with E-state index in [1.165, 1.54) is 12.0 Å². The molecule has 0 bridgehead atoms. The summed E-state index contributed by atoms with van der Waals surface area (Å²) < 4.78 is 1.74. The molecule has 4 rings (SSSR count). The zero-order valence-electron chi connectivity index (χ0n) is 14.5. The Bertz CT molecular complexity index is 779. The van der Waals surface area contributed by atoms with E-state index < -0.39 is 0 Å². The van der Waals surface area contributed by atoms with Crippen LogP contribution in [0.5, 0.6) is 0 Å². The largest absolute Gasteiger partial charge is 0.393 e. The molecule has 2 aliphatic rings. The number of rotatable bonds is 4. The molecule has 1 amide bonds. The lowest BCUT2D eigenvalue weighted by atomic mass is 9.75. The van der Waals surface area contributed by atoms with Crippen LogP contribution in [0.1, 0.15) is 58.9 Å². The molecular weight excluding hydrogens is 316 g/mol. The lowest BCUT2D eigenvalue weighted by Gasteiger charge is -2.37. The second-order valence-electron chi connectivity index (χ2n) is 7.32. The van der Waals surface area contributed by atoms with Crippen molar-refractivity contribution in [1.29, 1.82) is 0 Å². The van der Waals surface area contributed by atoms with Gasteiger partial charge in [-0.05, 0) is 56.1 Å². The van der Waals surface area contributed by atoms with E-state index in [1.54, 1.807) is 17.1 Å². The Morgan fingerprint density at radius 3 is 2.84 bits per heavy atom. The van der Waals surface area contributed by atoms with E-state index >= 15 is 0 Å². The molecule has 2 N–H and O–H groups in total. The highest BCUT2D eigenvalue weighted by Gasteiger charge is 2.36. The number of aryl methyl sites for hydroxylation is 3. The molecule has 6 nitrogen and oxygen atoms in total. The summed E-state index contributed by atoms with van der Waals surface area (Å²) in [5.74, 6) is 0.143. The van der Waals surface area contributed by atoms with Gasteiger partial charge in [0.25, 0.3) is 5.91 Å². The fourth-order valence-corrected chi connectivity index (χ4v) is 3.91. The molecule has 1 atom stereocenters. The van der Waals surface area contributed by atoms with Crippen molar-refractivity contribution in [3.05, 3.63) is 47.0 Å². The molecule has 0 radical (unpaired) electrons. The van der Waals surface area contributed by atoms with Crippen molar-refractivity contribution in [3.63, 3.8) is 0 Å². The number of amides is 1. The summed E-state index contributed by atoms with van der Waals surface area (Å²) in [4.78, 5) is 17.3. The van der Waals surface area contributed by atoms with Crippen LogP contribution in [-0.4, -0.2) is 31.9 Å². The van der Waals surface area contributed by atoms with Gasteiger partial charge in [-0.2, -0.15) is 5.10 Å². The third-order valence-corrected chi connectivity index (χ3v) is 5.42. The molecule has 6 heteroatoms. The van der Waals surface area contributed by atoms with Crippen molar-refractivity contribution in [2.45, 2.75) is 50.7 Å². The summed E-state index contributed by atoms with van der Waals surface area (Å²) in [6.07, 6.45) is 10.9. The maximum Gasteiger partial charge on any atom is 0.253 e. The number of aromatic nitrogens is 3. The topological polar surface area (TPSA) is 80.0 Å². The molecule has 1 unspecified atom stereocenters. The van der Waals surface area contributed by atoms with Gasteiger partial charge in [-0.1, -0.05) is 0 Å². The van der Waals surface area contributed by atoms with Gasteiger partial charge in [-0.15, -0.1) is 0 Å². The van der Waals surface area contributed by atoms with Gasteiger partial charge in [-0.25, -0.2) is 0 Å². The number of carbonyl (C=O) groups excluding carboxylic acids is 1. The van der Waals surface area contributed by atoms with Crippen LogP contribution in [0.3, 0.4) is 0 Å². The Hall–Kier alpha value is -2.21. The van der Waals surface area contributed by atoms with Crippen molar-refractivity contribution < 1.29 is 9.90 Å². The summed E-state index contributed by atoms with van der Waals surface area (Å²) in [6.45, 7) is 0. The summed E-state index contributed by atoms with van der Waals surface area (Å²) in [5, 5.41) is 17.0. The molecule has 2 aromatic rings. The number of aliphatic hydroxyl groups excluding tert-OH is 1. The van der Waals surface area contributed by atoms with E-state index in [4.69, 9.17) is 0 Å². The Kier molecular flexibility index (Phi) is 4.29. The quantitative estimate of drug-likeness (QED) is 0.891. The summed E-state index contributed by atoms with van der Waals surface area (Å²) in [5.41, 5.74) is 3.94. The van der Waals surface area contributed by atoms with Crippen LogP contribution in [0, 0.1) is 5.92 Å². The molecule has 2 heterocycles. The zero-order valence-corrected chi connectivity index (χ0v) is 14.5. The zero-order chi connectivity index (χ0) is 17.4. The predicted octanol–water partition coefficient (Wildman–Crippen LogP) is 1.94. The standard InChI is InChI=1S/C19H24N4O2/c1-23-11-15(10-21-23)18(13-7-16(24)8-13)22-19(25)14-6-12-4-2-3-5-17(12)20-9-14/h6,9-11,13,16,18,24H,2-5,7-8H2,1H3,(H,22,25). The van der Waals surface area contributed by atoms with E-state index in [9.17, 15) is 9.90 Å². The highest BCUT2D eigenvalue weighted by atomic mass is 16.3. The third-order valence-electron chi connectivity index (χ3n) is 5.42. The van der Waals surface area contributed by atoms with Crippen LogP contribution in [-0.2, 0) is 19.9 Å². The monoisotopic (exact) mass is 340 g/mol. The van der Waals surface area contributed by atoms with Crippen molar-refractivity contribution in [1.82, 2.24) is 20.1 Å². The summed E-state index contributed by atoms with van der Waals surface area (Å²) >= 11 is 0. The Balaban J connectivity index is 1.54. The van der Waals surface area contributed by atoms with Crippen molar-refractivity contribution in [3.8, 4) is 0 Å².